The first-order valence-corrected chi connectivity index (χ1v) is 16.2. The van der Waals surface area contributed by atoms with E-state index in [1.54, 1.807) is 24.3 Å². The Morgan fingerprint density at radius 3 is 2.22 bits per heavy atom. The summed E-state index contributed by atoms with van der Waals surface area (Å²) in [7, 11) is -3.82. The average Bonchev–Trinajstić information content (AvgIpc) is 3.45. The smallest absolute Gasteiger partial charge is 0.244 e. The number of anilines is 1. The summed E-state index contributed by atoms with van der Waals surface area (Å²) < 4.78 is 27.2. The van der Waals surface area contributed by atoms with Crippen molar-refractivity contribution in [2.45, 2.75) is 64.6 Å². The van der Waals surface area contributed by atoms with Crippen molar-refractivity contribution < 1.29 is 18.0 Å². The first-order valence-electron chi connectivity index (χ1n) is 13.9. The molecular weight excluding hydrogens is 558 g/mol. The fourth-order valence-corrected chi connectivity index (χ4v) is 6.33. The number of carbonyl (C=O) groups is 2. The topological polar surface area (TPSA) is 86.8 Å². The largest absolute Gasteiger partial charge is 0.352 e. The maximum absolute atomic E-state index is 14.2. The van der Waals surface area contributed by atoms with Gasteiger partial charge in [-0.3, -0.25) is 13.9 Å². The highest BCUT2D eigenvalue weighted by atomic mass is 35.5. The van der Waals surface area contributed by atoms with E-state index in [0.717, 1.165) is 58.5 Å². The number of rotatable bonds is 11. The van der Waals surface area contributed by atoms with Crippen LogP contribution in [0.2, 0.25) is 5.02 Å². The second-order valence-corrected chi connectivity index (χ2v) is 13.2. The molecule has 3 aromatic carbocycles. The van der Waals surface area contributed by atoms with Crippen LogP contribution >= 0.6 is 11.6 Å². The number of sulfonamides is 1. The monoisotopic (exact) mass is 595 g/mol. The molecule has 4 rings (SSSR count). The molecular formula is C32H38ClN3O4S. The van der Waals surface area contributed by atoms with Crippen LogP contribution in [0.1, 0.15) is 47.9 Å². The van der Waals surface area contributed by atoms with Gasteiger partial charge in [-0.2, -0.15) is 0 Å². The van der Waals surface area contributed by atoms with Gasteiger partial charge in [-0.05, 0) is 67.1 Å². The molecule has 218 valence electrons. The summed E-state index contributed by atoms with van der Waals surface area (Å²) in [5.74, 6) is -0.700. The van der Waals surface area contributed by atoms with Crippen molar-refractivity contribution >= 4 is 39.1 Å². The highest BCUT2D eigenvalue weighted by molar-refractivity contribution is 7.92. The van der Waals surface area contributed by atoms with Gasteiger partial charge < -0.3 is 10.2 Å². The Kier molecular flexibility index (Phi) is 10.1. The van der Waals surface area contributed by atoms with E-state index < -0.39 is 28.5 Å². The van der Waals surface area contributed by atoms with Crippen molar-refractivity contribution in [2.24, 2.45) is 0 Å². The number of nitrogens with zero attached hydrogens (tertiary/aromatic N) is 2. The molecule has 2 amide bonds. The van der Waals surface area contributed by atoms with Crippen LogP contribution in [-0.4, -0.2) is 50.0 Å². The number of nitrogens with one attached hydrogen (secondary N) is 1. The maximum Gasteiger partial charge on any atom is 0.244 e. The van der Waals surface area contributed by atoms with Crippen LogP contribution in [-0.2, 0) is 32.6 Å². The predicted octanol–water partition coefficient (Wildman–Crippen LogP) is 5.42. The van der Waals surface area contributed by atoms with Crippen LogP contribution < -0.4 is 9.62 Å². The second-order valence-electron chi connectivity index (χ2n) is 10.8. The minimum atomic E-state index is -3.82. The number of halogens is 1. The Morgan fingerprint density at radius 1 is 0.927 bits per heavy atom. The van der Waals surface area contributed by atoms with Gasteiger partial charge in [-0.1, -0.05) is 79.0 Å². The summed E-state index contributed by atoms with van der Waals surface area (Å²) in [5.41, 5.74) is 3.83. The van der Waals surface area contributed by atoms with Crippen LogP contribution in [0.4, 0.5) is 5.69 Å². The molecule has 1 fully saturated rings. The molecule has 1 unspecified atom stereocenters. The summed E-state index contributed by atoms with van der Waals surface area (Å²) in [6.45, 7) is 3.43. The number of benzene rings is 3. The normalized spacial score (nSPS) is 14.4. The molecule has 0 heterocycles. The summed E-state index contributed by atoms with van der Waals surface area (Å²) in [6.07, 6.45) is 5.31. The number of hydrogen-bond donors (Lipinski definition) is 1. The van der Waals surface area contributed by atoms with Crippen molar-refractivity contribution in [3.05, 3.63) is 100 Å². The summed E-state index contributed by atoms with van der Waals surface area (Å²) in [5, 5.41) is 3.74. The molecule has 0 spiro atoms. The lowest BCUT2D eigenvalue weighted by Gasteiger charge is -2.34. The molecule has 1 aliphatic rings. The SMILES string of the molecule is Cc1cccc(N(CC(=O)N(Cc2ccc(Cl)cc2)C(Cc2ccccc2)C(=O)NC2CCCC2)S(C)(=O)=O)c1C. The molecule has 41 heavy (non-hydrogen) atoms. The second kappa shape index (κ2) is 13.5. The first kappa shape index (κ1) is 30.6. The lowest BCUT2D eigenvalue weighted by molar-refractivity contribution is -0.140. The Hall–Kier alpha value is -3.36. The van der Waals surface area contributed by atoms with Crippen LogP contribution in [0.25, 0.3) is 0 Å². The van der Waals surface area contributed by atoms with Gasteiger partial charge in [0.2, 0.25) is 21.8 Å². The van der Waals surface area contributed by atoms with Crippen LogP contribution in [0.15, 0.2) is 72.8 Å². The number of amides is 2. The van der Waals surface area contributed by atoms with Gasteiger partial charge in [0.05, 0.1) is 11.9 Å². The third-order valence-corrected chi connectivity index (χ3v) is 9.14. The van der Waals surface area contributed by atoms with Crippen molar-refractivity contribution in [3.63, 3.8) is 0 Å². The fraction of sp³-hybridized carbons (Fsp3) is 0.375. The van der Waals surface area contributed by atoms with Crippen molar-refractivity contribution in [1.29, 1.82) is 0 Å². The van der Waals surface area contributed by atoms with Gasteiger partial charge in [0.15, 0.2) is 0 Å². The Labute approximate surface area is 248 Å². The third kappa shape index (κ3) is 8.11. The van der Waals surface area contributed by atoms with E-state index in [4.69, 9.17) is 11.6 Å². The van der Waals surface area contributed by atoms with Gasteiger partial charge in [-0.15, -0.1) is 0 Å². The van der Waals surface area contributed by atoms with Gasteiger partial charge in [0.1, 0.15) is 12.6 Å². The number of carbonyl (C=O) groups excluding carboxylic acids is 2. The zero-order valence-corrected chi connectivity index (χ0v) is 25.4. The fourth-order valence-electron chi connectivity index (χ4n) is 5.31. The molecule has 3 aromatic rings. The molecule has 1 N–H and O–H groups in total. The molecule has 0 aromatic heterocycles. The quantitative estimate of drug-likeness (QED) is 0.321. The Morgan fingerprint density at radius 2 is 1.59 bits per heavy atom. The minimum absolute atomic E-state index is 0.0655. The molecule has 9 heteroatoms. The van der Waals surface area contributed by atoms with Crippen molar-refractivity contribution in [1.82, 2.24) is 10.2 Å². The van der Waals surface area contributed by atoms with E-state index in [1.807, 2.05) is 62.4 Å². The Bertz CT molecular complexity index is 1460. The lowest BCUT2D eigenvalue weighted by Crippen LogP contribution is -2.54. The summed E-state index contributed by atoms with van der Waals surface area (Å²) in [6, 6.07) is 21.3. The molecule has 1 atom stereocenters. The highest BCUT2D eigenvalue weighted by Gasteiger charge is 2.34. The molecule has 1 aliphatic carbocycles. The molecule has 1 saturated carbocycles. The van der Waals surface area contributed by atoms with Crippen molar-refractivity contribution in [3.8, 4) is 0 Å². The zero-order valence-electron chi connectivity index (χ0n) is 23.8. The average molecular weight is 596 g/mol. The molecule has 7 nitrogen and oxygen atoms in total. The van der Waals surface area contributed by atoms with Gasteiger partial charge in [-0.25, -0.2) is 8.42 Å². The minimum Gasteiger partial charge on any atom is -0.352 e. The highest BCUT2D eigenvalue weighted by Crippen LogP contribution is 2.26. The molecule has 0 bridgehead atoms. The number of aryl methyl sites for hydroxylation is 1. The molecule has 0 radical (unpaired) electrons. The lowest BCUT2D eigenvalue weighted by atomic mass is 10.0. The van der Waals surface area contributed by atoms with E-state index >= 15 is 0 Å². The zero-order chi connectivity index (χ0) is 29.6. The molecule has 0 aliphatic heterocycles. The van der Waals surface area contributed by atoms with E-state index in [2.05, 4.69) is 5.32 Å². The van der Waals surface area contributed by atoms with Crippen LogP contribution in [0, 0.1) is 13.8 Å². The van der Waals surface area contributed by atoms with E-state index in [0.29, 0.717) is 17.1 Å². The first-order chi connectivity index (χ1) is 19.5. The standard InChI is InChI=1S/C32H38ClN3O4S/c1-23-10-9-15-29(24(23)2)36(41(3,39)40)22-31(37)35(21-26-16-18-27(33)19-17-26)30(20-25-11-5-4-6-12-25)32(38)34-28-13-7-8-14-28/h4-6,9-12,15-19,28,30H,7-8,13-14,20-22H2,1-3H3,(H,34,38). The van der Waals surface area contributed by atoms with Crippen molar-refractivity contribution in [2.75, 3.05) is 17.1 Å². The Balaban J connectivity index is 1.74. The molecule has 0 saturated heterocycles. The van der Waals surface area contributed by atoms with Crippen LogP contribution in [0.3, 0.4) is 0 Å². The van der Waals surface area contributed by atoms with Crippen LogP contribution in [0.5, 0.6) is 0 Å². The maximum atomic E-state index is 14.2. The van der Waals surface area contributed by atoms with E-state index in [-0.39, 0.29) is 18.5 Å². The number of hydrogen-bond acceptors (Lipinski definition) is 4. The third-order valence-electron chi connectivity index (χ3n) is 7.76. The van der Waals surface area contributed by atoms with Gasteiger partial charge >= 0.3 is 0 Å². The predicted molar refractivity (Wildman–Crippen MR) is 164 cm³/mol. The van der Waals surface area contributed by atoms with Gasteiger partial charge in [0.25, 0.3) is 0 Å². The van der Waals surface area contributed by atoms with E-state index in [1.165, 1.54) is 4.90 Å². The van der Waals surface area contributed by atoms with E-state index in [9.17, 15) is 18.0 Å². The van der Waals surface area contributed by atoms with Gasteiger partial charge in [0, 0.05) is 24.0 Å². The summed E-state index contributed by atoms with van der Waals surface area (Å²) in [4.78, 5) is 29.6. The summed E-state index contributed by atoms with van der Waals surface area (Å²) >= 11 is 6.12.